The van der Waals surface area contributed by atoms with Crippen molar-refractivity contribution in [1.82, 2.24) is 15.0 Å². The molecule has 1 aromatic rings. The van der Waals surface area contributed by atoms with Gasteiger partial charge in [0, 0.05) is 5.75 Å². The van der Waals surface area contributed by atoms with Crippen molar-refractivity contribution in [3.8, 4) is 6.01 Å². The molecule has 0 spiro atoms. The minimum atomic E-state index is 0.0596. The van der Waals surface area contributed by atoms with Crippen LogP contribution in [0.1, 0.15) is 0 Å². The summed E-state index contributed by atoms with van der Waals surface area (Å²) >= 11 is 1.29. The van der Waals surface area contributed by atoms with Crippen molar-refractivity contribution in [2.45, 2.75) is 5.16 Å². The number of nitrogens with two attached hydrogens (primary N) is 1. The van der Waals surface area contributed by atoms with Gasteiger partial charge in [-0.2, -0.15) is 15.0 Å². The lowest BCUT2D eigenvalue weighted by Gasteiger charge is -2.03. The van der Waals surface area contributed by atoms with Gasteiger partial charge in [-0.15, -0.1) is 0 Å². The highest BCUT2D eigenvalue weighted by atomic mass is 32.2. The number of aromatic nitrogens is 3. The van der Waals surface area contributed by atoms with Gasteiger partial charge in [-0.1, -0.05) is 11.8 Å². The third-order valence-electron chi connectivity index (χ3n) is 1.23. The minimum Gasteiger partial charge on any atom is -0.467 e. The average Bonchev–Trinajstić information content (AvgIpc) is 2.25. The van der Waals surface area contributed by atoms with E-state index in [0.29, 0.717) is 10.9 Å². The van der Waals surface area contributed by atoms with Gasteiger partial charge in [-0.25, -0.2) is 5.84 Å². The van der Waals surface area contributed by atoms with E-state index in [9.17, 15) is 0 Å². The quantitative estimate of drug-likeness (QED) is 0.336. The first-order chi connectivity index (χ1) is 6.80. The summed E-state index contributed by atoms with van der Waals surface area (Å²) in [6.07, 6.45) is 0. The number of ether oxygens (including phenoxy) is 1. The first-order valence-corrected chi connectivity index (χ1v) is 4.79. The second kappa shape index (κ2) is 5.58. The van der Waals surface area contributed by atoms with E-state index in [1.807, 2.05) is 0 Å². The lowest BCUT2D eigenvalue weighted by molar-refractivity contribution is 0.322. The normalized spacial score (nSPS) is 9.93. The maximum Gasteiger partial charge on any atom is 0.321 e. The van der Waals surface area contributed by atoms with Crippen LogP contribution in [0, 0.1) is 0 Å². The van der Waals surface area contributed by atoms with Crippen molar-refractivity contribution >= 4 is 17.7 Å². The molecule has 1 rings (SSSR count). The number of anilines is 1. The summed E-state index contributed by atoms with van der Waals surface area (Å²) in [6.45, 7) is 0.0596. The van der Waals surface area contributed by atoms with Gasteiger partial charge in [-0.05, 0) is 0 Å². The fourth-order valence-corrected chi connectivity index (χ4v) is 1.26. The Balaban J connectivity index is 2.81. The number of nitrogen functional groups attached to an aromatic ring is 1. The topological polar surface area (TPSA) is 106 Å². The highest BCUT2D eigenvalue weighted by Crippen LogP contribution is 2.16. The summed E-state index contributed by atoms with van der Waals surface area (Å²) in [4.78, 5) is 11.7. The largest absolute Gasteiger partial charge is 0.467 e. The number of hydrogen-bond donors (Lipinski definition) is 3. The Morgan fingerprint density at radius 2 is 2.29 bits per heavy atom. The smallest absolute Gasteiger partial charge is 0.321 e. The van der Waals surface area contributed by atoms with Crippen LogP contribution in [-0.4, -0.2) is 39.5 Å². The average molecular weight is 217 g/mol. The van der Waals surface area contributed by atoms with Crippen LogP contribution in [-0.2, 0) is 0 Å². The number of aliphatic hydroxyl groups is 1. The monoisotopic (exact) mass is 217 g/mol. The van der Waals surface area contributed by atoms with Gasteiger partial charge >= 0.3 is 6.01 Å². The zero-order valence-corrected chi connectivity index (χ0v) is 8.41. The van der Waals surface area contributed by atoms with Gasteiger partial charge < -0.3 is 9.84 Å². The summed E-state index contributed by atoms with van der Waals surface area (Å²) in [5.74, 6) is 5.90. The number of methoxy groups -OCH3 is 1. The molecular formula is C6H11N5O2S. The SMILES string of the molecule is COc1nc(NN)nc(SCCO)n1. The molecule has 0 unspecified atom stereocenters. The molecule has 0 aliphatic heterocycles. The van der Waals surface area contributed by atoms with Crippen molar-refractivity contribution in [2.24, 2.45) is 5.84 Å². The van der Waals surface area contributed by atoms with Crippen LogP contribution in [0.15, 0.2) is 5.16 Å². The molecule has 78 valence electrons. The molecule has 1 heterocycles. The molecule has 8 heteroatoms. The second-order valence-corrected chi connectivity index (χ2v) is 3.21. The fraction of sp³-hybridized carbons (Fsp3) is 0.500. The predicted molar refractivity (Wildman–Crippen MR) is 52.0 cm³/mol. The van der Waals surface area contributed by atoms with Crippen LogP contribution in [0.3, 0.4) is 0 Å². The zero-order valence-electron chi connectivity index (χ0n) is 7.60. The maximum absolute atomic E-state index is 8.62. The van der Waals surface area contributed by atoms with Crippen molar-refractivity contribution in [3.05, 3.63) is 0 Å². The number of rotatable bonds is 5. The van der Waals surface area contributed by atoms with Crippen molar-refractivity contribution in [2.75, 3.05) is 24.9 Å². The number of aliphatic hydroxyl groups excluding tert-OH is 1. The molecule has 0 saturated heterocycles. The van der Waals surface area contributed by atoms with E-state index < -0.39 is 0 Å². The minimum absolute atomic E-state index is 0.0596. The first-order valence-electron chi connectivity index (χ1n) is 3.80. The van der Waals surface area contributed by atoms with E-state index in [1.54, 1.807) is 0 Å². The van der Waals surface area contributed by atoms with E-state index in [1.165, 1.54) is 18.9 Å². The molecule has 0 aliphatic rings. The molecular weight excluding hydrogens is 206 g/mol. The lowest BCUT2D eigenvalue weighted by atomic mass is 10.9. The van der Waals surface area contributed by atoms with Crippen molar-refractivity contribution in [1.29, 1.82) is 0 Å². The number of nitrogens with zero attached hydrogens (tertiary/aromatic N) is 3. The Morgan fingerprint density at radius 3 is 2.86 bits per heavy atom. The Kier molecular flexibility index (Phi) is 4.36. The molecule has 0 atom stereocenters. The number of hydrogen-bond acceptors (Lipinski definition) is 8. The summed E-state index contributed by atoms with van der Waals surface area (Å²) in [6, 6.07) is 0.188. The molecule has 4 N–H and O–H groups in total. The Labute approximate surface area is 85.1 Å². The highest BCUT2D eigenvalue weighted by molar-refractivity contribution is 7.99. The van der Waals surface area contributed by atoms with Crippen LogP contribution in [0.5, 0.6) is 6.01 Å². The van der Waals surface area contributed by atoms with E-state index in [-0.39, 0.29) is 18.6 Å². The molecule has 14 heavy (non-hydrogen) atoms. The van der Waals surface area contributed by atoms with Gasteiger partial charge in [0.25, 0.3) is 0 Å². The van der Waals surface area contributed by atoms with Gasteiger partial charge in [-0.3, -0.25) is 5.43 Å². The van der Waals surface area contributed by atoms with E-state index in [0.717, 1.165) is 0 Å². The molecule has 0 radical (unpaired) electrons. The molecule has 7 nitrogen and oxygen atoms in total. The summed E-state index contributed by atoms with van der Waals surface area (Å²) in [5, 5.41) is 9.07. The molecule has 0 aromatic carbocycles. The Morgan fingerprint density at radius 1 is 1.50 bits per heavy atom. The van der Waals surface area contributed by atoms with E-state index >= 15 is 0 Å². The standard InChI is InChI=1S/C6H11N5O2S/c1-13-5-8-4(11-7)9-6(10-5)14-3-2-12/h12H,2-3,7H2,1H3,(H,8,9,10,11). The highest BCUT2D eigenvalue weighted by Gasteiger charge is 2.05. The molecule has 1 aromatic heterocycles. The predicted octanol–water partition coefficient (Wildman–Crippen LogP) is -0.750. The Bertz CT molecular complexity index is 275. The molecule has 0 amide bonds. The summed E-state index contributed by atoms with van der Waals surface area (Å²) in [5.41, 5.74) is 2.30. The van der Waals surface area contributed by atoms with Gasteiger partial charge in [0.05, 0.1) is 13.7 Å². The van der Waals surface area contributed by atoms with Gasteiger partial charge in [0.2, 0.25) is 5.95 Å². The molecule has 0 saturated carbocycles. The van der Waals surface area contributed by atoms with Crippen molar-refractivity contribution < 1.29 is 9.84 Å². The third kappa shape index (κ3) is 2.98. The van der Waals surface area contributed by atoms with Crippen molar-refractivity contribution in [3.63, 3.8) is 0 Å². The summed E-state index contributed by atoms with van der Waals surface area (Å²) in [7, 11) is 1.45. The van der Waals surface area contributed by atoms with E-state index in [2.05, 4.69) is 20.4 Å². The molecule has 0 fully saturated rings. The fourth-order valence-electron chi connectivity index (χ4n) is 0.695. The lowest BCUT2D eigenvalue weighted by Crippen LogP contribution is -2.12. The third-order valence-corrected chi connectivity index (χ3v) is 2.06. The van der Waals surface area contributed by atoms with Gasteiger partial charge in [0.1, 0.15) is 0 Å². The number of hydrazine groups is 1. The van der Waals surface area contributed by atoms with Crippen LogP contribution >= 0.6 is 11.8 Å². The first kappa shape index (κ1) is 11.0. The van der Waals surface area contributed by atoms with Gasteiger partial charge in [0.15, 0.2) is 5.16 Å². The number of thioether (sulfide) groups is 1. The zero-order chi connectivity index (χ0) is 10.4. The maximum atomic E-state index is 8.62. The van der Waals surface area contributed by atoms with E-state index in [4.69, 9.17) is 15.7 Å². The van der Waals surface area contributed by atoms with Crippen LogP contribution in [0.25, 0.3) is 0 Å². The van der Waals surface area contributed by atoms with Crippen LogP contribution in [0.2, 0.25) is 0 Å². The van der Waals surface area contributed by atoms with Crippen LogP contribution in [0.4, 0.5) is 5.95 Å². The van der Waals surface area contributed by atoms with Crippen LogP contribution < -0.4 is 16.0 Å². The number of nitrogens with one attached hydrogen (secondary N) is 1. The second-order valence-electron chi connectivity index (χ2n) is 2.14. The molecule has 0 bridgehead atoms. The Hall–Kier alpha value is -1.12. The molecule has 0 aliphatic carbocycles. The summed E-state index contributed by atoms with van der Waals surface area (Å²) < 4.78 is 4.84.